The number of thioether (sulfide) groups is 2. The van der Waals surface area contributed by atoms with Gasteiger partial charge >= 0.3 is 0 Å². The largest absolute Gasteiger partial charge is 0.325 e. The Morgan fingerprint density at radius 3 is 2.30 bits per heavy atom. The number of aryl methyl sites for hydroxylation is 3. The van der Waals surface area contributed by atoms with E-state index in [1.165, 1.54) is 27.8 Å². The third-order valence-corrected chi connectivity index (χ3v) is 6.90. The van der Waals surface area contributed by atoms with Crippen molar-refractivity contribution in [1.29, 1.82) is 0 Å². The average molecular weight is 475 g/mol. The molecule has 33 heavy (non-hydrogen) atoms. The molecule has 1 heterocycles. The smallest absolute Gasteiger partial charge is 0.234 e. The summed E-state index contributed by atoms with van der Waals surface area (Å²) in [6.07, 6.45) is 0. The molecule has 0 aliphatic carbocycles. The molecule has 7 heteroatoms. The Labute approximate surface area is 203 Å². The number of aromatic nitrogens is 3. The number of hydrogen-bond donors (Lipinski definition) is 1. The second kappa shape index (κ2) is 10.7. The van der Waals surface area contributed by atoms with Gasteiger partial charge in [-0.3, -0.25) is 9.36 Å². The zero-order valence-corrected chi connectivity index (χ0v) is 20.5. The summed E-state index contributed by atoms with van der Waals surface area (Å²) in [6.45, 7) is 6.16. The van der Waals surface area contributed by atoms with E-state index in [1.54, 1.807) is 11.8 Å². The summed E-state index contributed by atoms with van der Waals surface area (Å²) in [5.41, 5.74) is 5.32. The van der Waals surface area contributed by atoms with Crippen molar-refractivity contribution in [1.82, 2.24) is 14.8 Å². The SMILES string of the molecule is Cc1ccc(-n2c(CSc3cccc(C)c3)nnc2SCC(=O)Nc2cccc(C)c2)cc1. The maximum atomic E-state index is 12.5. The van der Waals surface area contributed by atoms with Crippen LogP contribution in [0.25, 0.3) is 5.69 Å². The lowest BCUT2D eigenvalue weighted by molar-refractivity contribution is -0.113. The maximum absolute atomic E-state index is 12.5. The molecule has 0 atom stereocenters. The standard InChI is InChI=1S/C26H26N4OS2/c1-18-10-12-22(13-11-18)30-24(16-32-23-9-5-7-20(3)15-23)28-29-26(30)33-17-25(31)27-21-8-4-6-19(2)14-21/h4-15H,16-17H2,1-3H3,(H,27,31). The predicted octanol–water partition coefficient (Wildman–Crippen LogP) is 6.22. The number of carbonyl (C=O) groups is 1. The van der Waals surface area contributed by atoms with Crippen molar-refractivity contribution >= 4 is 35.1 Å². The van der Waals surface area contributed by atoms with E-state index in [0.29, 0.717) is 10.9 Å². The molecule has 0 unspecified atom stereocenters. The van der Waals surface area contributed by atoms with Gasteiger partial charge in [0.25, 0.3) is 0 Å². The second-order valence-electron chi connectivity index (χ2n) is 7.88. The van der Waals surface area contributed by atoms with E-state index >= 15 is 0 Å². The van der Waals surface area contributed by atoms with E-state index in [9.17, 15) is 4.79 Å². The van der Waals surface area contributed by atoms with Gasteiger partial charge in [0.15, 0.2) is 5.16 Å². The fourth-order valence-corrected chi connectivity index (χ4v) is 5.04. The molecule has 168 valence electrons. The summed E-state index contributed by atoms with van der Waals surface area (Å²) in [6, 6.07) is 24.5. The topological polar surface area (TPSA) is 59.8 Å². The molecule has 4 aromatic rings. The first kappa shape index (κ1) is 23.1. The minimum Gasteiger partial charge on any atom is -0.325 e. The van der Waals surface area contributed by atoms with Crippen molar-refractivity contribution in [2.24, 2.45) is 0 Å². The van der Waals surface area contributed by atoms with Crippen LogP contribution in [0.3, 0.4) is 0 Å². The number of anilines is 1. The average Bonchev–Trinajstić information content (AvgIpc) is 3.20. The summed E-state index contributed by atoms with van der Waals surface area (Å²) in [5, 5.41) is 12.5. The van der Waals surface area contributed by atoms with Crippen LogP contribution in [0.2, 0.25) is 0 Å². The summed E-state index contributed by atoms with van der Waals surface area (Å²) in [7, 11) is 0. The van der Waals surface area contributed by atoms with Gasteiger partial charge in [-0.25, -0.2) is 0 Å². The highest BCUT2D eigenvalue weighted by atomic mass is 32.2. The Bertz CT molecular complexity index is 1250. The van der Waals surface area contributed by atoms with Gasteiger partial charge in [-0.1, -0.05) is 59.3 Å². The lowest BCUT2D eigenvalue weighted by Gasteiger charge is -2.11. The molecule has 4 rings (SSSR count). The van der Waals surface area contributed by atoms with Gasteiger partial charge in [0.05, 0.1) is 11.5 Å². The highest BCUT2D eigenvalue weighted by Crippen LogP contribution is 2.28. The molecule has 0 saturated heterocycles. The second-order valence-corrected chi connectivity index (χ2v) is 9.87. The van der Waals surface area contributed by atoms with Gasteiger partial charge in [0.1, 0.15) is 5.82 Å². The molecule has 0 radical (unpaired) electrons. The van der Waals surface area contributed by atoms with Gasteiger partial charge in [0, 0.05) is 16.3 Å². The van der Waals surface area contributed by atoms with E-state index in [1.807, 2.05) is 35.8 Å². The molecule has 0 fully saturated rings. The Morgan fingerprint density at radius 2 is 1.58 bits per heavy atom. The quantitative estimate of drug-likeness (QED) is 0.307. The van der Waals surface area contributed by atoms with Crippen molar-refractivity contribution in [3.8, 4) is 5.69 Å². The predicted molar refractivity (Wildman–Crippen MR) is 137 cm³/mol. The van der Waals surface area contributed by atoms with Crippen LogP contribution in [0.4, 0.5) is 5.69 Å². The van der Waals surface area contributed by atoms with Crippen LogP contribution in [-0.2, 0) is 10.5 Å². The van der Waals surface area contributed by atoms with E-state index in [0.717, 1.165) is 22.8 Å². The first-order valence-corrected chi connectivity index (χ1v) is 12.7. The third kappa shape index (κ3) is 6.27. The number of nitrogens with zero attached hydrogens (tertiary/aromatic N) is 3. The maximum Gasteiger partial charge on any atom is 0.234 e. The summed E-state index contributed by atoms with van der Waals surface area (Å²) < 4.78 is 2.05. The zero-order valence-electron chi connectivity index (χ0n) is 18.9. The number of carbonyl (C=O) groups excluding carboxylic acids is 1. The third-order valence-electron chi connectivity index (χ3n) is 4.98. The number of nitrogens with one attached hydrogen (secondary N) is 1. The number of rotatable bonds is 8. The molecule has 0 aliphatic rings. The number of hydrogen-bond acceptors (Lipinski definition) is 5. The van der Waals surface area contributed by atoms with Gasteiger partial charge in [-0.2, -0.15) is 0 Å². The van der Waals surface area contributed by atoms with Crippen LogP contribution in [-0.4, -0.2) is 26.4 Å². The normalized spacial score (nSPS) is 10.9. The molecule has 5 nitrogen and oxygen atoms in total. The molecular formula is C26H26N4OS2. The Balaban J connectivity index is 1.51. The van der Waals surface area contributed by atoms with Crippen LogP contribution in [0.1, 0.15) is 22.5 Å². The van der Waals surface area contributed by atoms with Crippen LogP contribution < -0.4 is 5.32 Å². The lowest BCUT2D eigenvalue weighted by atomic mass is 10.2. The van der Waals surface area contributed by atoms with Crippen LogP contribution in [0.5, 0.6) is 0 Å². The summed E-state index contributed by atoms with van der Waals surface area (Å²) in [4.78, 5) is 13.7. The van der Waals surface area contributed by atoms with Gasteiger partial charge in [-0.05, 0) is 62.7 Å². The number of amides is 1. The van der Waals surface area contributed by atoms with Crippen LogP contribution >= 0.6 is 23.5 Å². The monoisotopic (exact) mass is 474 g/mol. The van der Waals surface area contributed by atoms with Crippen molar-refractivity contribution in [2.45, 2.75) is 36.6 Å². The molecular weight excluding hydrogens is 448 g/mol. The summed E-state index contributed by atoms with van der Waals surface area (Å²) >= 11 is 3.12. The van der Waals surface area contributed by atoms with Crippen molar-refractivity contribution in [3.05, 3.63) is 95.3 Å². The molecule has 0 saturated carbocycles. The molecule has 1 aromatic heterocycles. The van der Waals surface area contributed by atoms with Crippen molar-refractivity contribution < 1.29 is 4.79 Å². The molecule has 0 bridgehead atoms. The van der Waals surface area contributed by atoms with Gasteiger partial charge in [0.2, 0.25) is 5.91 Å². The Morgan fingerprint density at radius 1 is 0.848 bits per heavy atom. The van der Waals surface area contributed by atoms with E-state index in [-0.39, 0.29) is 11.7 Å². The van der Waals surface area contributed by atoms with E-state index in [2.05, 4.69) is 77.9 Å². The molecule has 3 aromatic carbocycles. The van der Waals surface area contributed by atoms with Gasteiger partial charge < -0.3 is 5.32 Å². The van der Waals surface area contributed by atoms with Gasteiger partial charge in [-0.15, -0.1) is 22.0 Å². The molecule has 1 N–H and O–H groups in total. The fraction of sp³-hybridized carbons (Fsp3) is 0.192. The number of benzene rings is 3. The van der Waals surface area contributed by atoms with E-state index in [4.69, 9.17) is 0 Å². The fourth-order valence-electron chi connectivity index (χ4n) is 3.34. The lowest BCUT2D eigenvalue weighted by Crippen LogP contribution is -2.14. The molecule has 0 spiro atoms. The first-order chi connectivity index (χ1) is 16.0. The van der Waals surface area contributed by atoms with E-state index < -0.39 is 0 Å². The zero-order chi connectivity index (χ0) is 23.2. The van der Waals surface area contributed by atoms with Crippen LogP contribution in [0, 0.1) is 20.8 Å². The highest BCUT2D eigenvalue weighted by Gasteiger charge is 2.16. The Hall–Kier alpha value is -3.03. The minimum atomic E-state index is -0.0697. The Kier molecular flexibility index (Phi) is 7.52. The van der Waals surface area contributed by atoms with Crippen molar-refractivity contribution in [2.75, 3.05) is 11.1 Å². The summed E-state index contributed by atoms with van der Waals surface area (Å²) in [5.74, 6) is 1.72. The van der Waals surface area contributed by atoms with Crippen LogP contribution in [0.15, 0.2) is 82.8 Å². The highest BCUT2D eigenvalue weighted by molar-refractivity contribution is 7.99. The van der Waals surface area contributed by atoms with Crippen molar-refractivity contribution in [3.63, 3.8) is 0 Å². The first-order valence-electron chi connectivity index (χ1n) is 10.7. The molecule has 1 amide bonds. The molecule has 0 aliphatic heterocycles. The minimum absolute atomic E-state index is 0.0697.